The van der Waals surface area contributed by atoms with Crippen LogP contribution >= 0.6 is 11.3 Å². The summed E-state index contributed by atoms with van der Waals surface area (Å²) in [6, 6.07) is 24.9. The maximum absolute atomic E-state index is 13.2. The summed E-state index contributed by atoms with van der Waals surface area (Å²) in [5.41, 5.74) is 0.875. The van der Waals surface area contributed by atoms with Gasteiger partial charge < -0.3 is 23.7 Å². The van der Waals surface area contributed by atoms with Crippen molar-refractivity contribution in [2.45, 2.75) is 24.4 Å². The van der Waals surface area contributed by atoms with E-state index in [0.717, 1.165) is 11.3 Å². The fraction of sp³-hybridized carbons (Fsp3) is 0.194. The average Bonchev–Trinajstić information content (AvgIpc) is 3.66. The minimum atomic E-state index is -1.21. The number of benzene rings is 3. The molecule has 3 aromatic carbocycles. The van der Waals surface area contributed by atoms with Gasteiger partial charge in [-0.15, -0.1) is 11.3 Å². The zero-order valence-electron chi connectivity index (χ0n) is 22.3. The summed E-state index contributed by atoms with van der Waals surface area (Å²) in [6.45, 7) is -0.328. The van der Waals surface area contributed by atoms with Crippen LogP contribution < -0.4 is 0 Å². The molecule has 0 unspecified atom stereocenters. The van der Waals surface area contributed by atoms with Gasteiger partial charge in [0.2, 0.25) is 0 Å². The first-order valence-electron chi connectivity index (χ1n) is 12.9. The summed E-state index contributed by atoms with van der Waals surface area (Å²) in [6.07, 6.45) is -4.52. The Kier molecular flexibility index (Phi) is 9.00. The van der Waals surface area contributed by atoms with Gasteiger partial charge in [-0.3, -0.25) is 0 Å². The molecule has 42 heavy (non-hydrogen) atoms. The van der Waals surface area contributed by atoms with Crippen LogP contribution in [0.5, 0.6) is 0 Å². The molecule has 0 aliphatic carbocycles. The molecule has 0 radical (unpaired) electrons. The van der Waals surface area contributed by atoms with E-state index in [1.807, 2.05) is 0 Å². The molecule has 5 rings (SSSR count). The SMILES string of the molecule is COC(=O)c1csc([C@@H]2O[C@H](COC(=O)c3ccccc3)[C@@H](OC(=O)c3ccccc3)[C@H]2OC(=O)c2ccccc2)n1. The number of carbonyl (C=O) groups is 4. The molecule has 214 valence electrons. The molecule has 1 saturated heterocycles. The Morgan fingerprint density at radius 2 is 1.21 bits per heavy atom. The summed E-state index contributed by atoms with van der Waals surface area (Å²) in [5.74, 6) is -2.66. The van der Waals surface area contributed by atoms with Crippen molar-refractivity contribution in [1.29, 1.82) is 0 Å². The number of esters is 4. The van der Waals surface area contributed by atoms with Crippen molar-refractivity contribution in [1.82, 2.24) is 4.98 Å². The molecule has 11 heteroatoms. The first kappa shape index (κ1) is 28.7. The lowest BCUT2D eigenvalue weighted by molar-refractivity contribution is -0.0450. The first-order valence-corrected chi connectivity index (χ1v) is 13.8. The molecule has 4 aromatic rings. The number of hydrogen-bond donors (Lipinski definition) is 0. The Morgan fingerprint density at radius 1 is 0.714 bits per heavy atom. The van der Waals surface area contributed by atoms with Crippen LogP contribution in [0.3, 0.4) is 0 Å². The third-order valence-corrected chi connectivity index (χ3v) is 7.27. The van der Waals surface area contributed by atoms with Gasteiger partial charge in [0.1, 0.15) is 17.7 Å². The molecule has 1 aliphatic heterocycles. The van der Waals surface area contributed by atoms with Crippen molar-refractivity contribution in [3.8, 4) is 0 Å². The van der Waals surface area contributed by atoms with Crippen LogP contribution in [0.1, 0.15) is 52.7 Å². The maximum Gasteiger partial charge on any atom is 0.357 e. The highest BCUT2D eigenvalue weighted by atomic mass is 32.1. The van der Waals surface area contributed by atoms with E-state index >= 15 is 0 Å². The quantitative estimate of drug-likeness (QED) is 0.201. The largest absolute Gasteiger partial charge is 0.464 e. The Bertz CT molecular complexity index is 1540. The molecule has 1 aromatic heterocycles. The van der Waals surface area contributed by atoms with E-state index in [1.165, 1.54) is 12.5 Å². The Hall–Kier alpha value is -4.87. The predicted octanol–water partition coefficient (Wildman–Crippen LogP) is 4.68. The van der Waals surface area contributed by atoms with Crippen molar-refractivity contribution in [3.05, 3.63) is 124 Å². The zero-order chi connectivity index (χ0) is 29.5. The van der Waals surface area contributed by atoms with Crippen LogP contribution in [0, 0.1) is 0 Å². The number of methoxy groups -OCH3 is 1. The van der Waals surface area contributed by atoms with Gasteiger partial charge in [-0.05, 0) is 36.4 Å². The third kappa shape index (κ3) is 6.54. The van der Waals surface area contributed by atoms with E-state index in [4.69, 9.17) is 23.7 Å². The molecule has 0 bridgehead atoms. The molecule has 1 aliphatic rings. The number of aromatic nitrogens is 1. The Balaban J connectivity index is 1.47. The van der Waals surface area contributed by atoms with E-state index in [9.17, 15) is 19.2 Å². The highest BCUT2D eigenvalue weighted by Crippen LogP contribution is 2.39. The number of hydrogen-bond acceptors (Lipinski definition) is 11. The minimum absolute atomic E-state index is 0.0334. The van der Waals surface area contributed by atoms with Gasteiger partial charge in [0.25, 0.3) is 0 Å². The summed E-state index contributed by atoms with van der Waals surface area (Å²) >= 11 is 1.08. The molecule has 0 N–H and O–H groups in total. The lowest BCUT2D eigenvalue weighted by Crippen LogP contribution is -2.40. The van der Waals surface area contributed by atoms with Gasteiger partial charge in [0.05, 0.1) is 23.8 Å². The van der Waals surface area contributed by atoms with Crippen molar-refractivity contribution < 1.29 is 42.9 Å². The van der Waals surface area contributed by atoms with Crippen LogP contribution in [0.2, 0.25) is 0 Å². The molecular weight excluding hydrogens is 562 g/mol. The summed E-state index contributed by atoms with van der Waals surface area (Å²) in [5, 5.41) is 1.76. The second-order valence-electron chi connectivity index (χ2n) is 9.09. The van der Waals surface area contributed by atoms with Crippen LogP contribution in [0.4, 0.5) is 0 Å². The van der Waals surface area contributed by atoms with Crippen molar-refractivity contribution in [2.24, 2.45) is 0 Å². The van der Waals surface area contributed by atoms with Gasteiger partial charge >= 0.3 is 23.9 Å². The maximum atomic E-state index is 13.2. The third-order valence-electron chi connectivity index (χ3n) is 6.36. The standard InChI is InChI=1S/C31H25NO9S/c1-37-31(36)22-18-42-27(32-22)26-25(41-30(35)21-15-9-4-10-16-21)24(40-29(34)20-13-7-3-8-14-20)23(39-26)17-38-28(33)19-11-5-2-6-12-19/h2-16,18,23-26H,17H2,1H3/t23-,24-,25-,26-/m1/s1. The van der Waals surface area contributed by atoms with Crippen LogP contribution in [0.15, 0.2) is 96.4 Å². The highest BCUT2D eigenvalue weighted by molar-refractivity contribution is 7.09. The van der Waals surface area contributed by atoms with Crippen LogP contribution in [-0.2, 0) is 23.7 Å². The van der Waals surface area contributed by atoms with Crippen molar-refractivity contribution >= 4 is 35.2 Å². The lowest BCUT2D eigenvalue weighted by Gasteiger charge is -2.24. The minimum Gasteiger partial charge on any atom is -0.464 e. The number of carbonyl (C=O) groups excluding carboxylic acids is 4. The molecule has 0 saturated carbocycles. The Morgan fingerprint density at radius 3 is 1.74 bits per heavy atom. The summed E-state index contributed by atoms with van der Waals surface area (Å²) in [4.78, 5) is 55.5. The fourth-order valence-corrected chi connectivity index (χ4v) is 5.15. The second-order valence-corrected chi connectivity index (χ2v) is 9.98. The van der Waals surface area contributed by atoms with Crippen LogP contribution in [0.25, 0.3) is 0 Å². The van der Waals surface area contributed by atoms with Crippen LogP contribution in [-0.4, -0.2) is 60.9 Å². The summed E-state index contributed by atoms with van der Waals surface area (Å²) < 4.78 is 28.3. The van der Waals surface area contributed by atoms with Gasteiger partial charge in [-0.2, -0.15) is 0 Å². The topological polar surface area (TPSA) is 127 Å². The molecule has 10 nitrogen and oxygen atoms in total. The molecule has 0 spiro atoms. The van der Waals surface area contributed by atoms with Gasteiger partial charge in [-0.25, -0.2) is 24.2 Å². The Labute approximate surface area is 244 Å². The molecule has 0 amide bonds. The molecule has 4 atom stereocenters. The monoisotopic (exact) mass is 587 g/mol. The fourth-order valence-electron chi connectivity index (χ4n) is 4.30. The molecular formula is C31H25NO9S. The lowest BCUT2D eigenvalue weighted by atomic mass is 10.1. The average molecular weight is 588 g/mol. The molecule has 2 heterocycles. The number of nitrogens with zero attached hydrogens (tertiary/aromatic N) is 1. The van der Waals surface area contributed by atoms with E-state index in [2.05, 4.69) is 4.98 Å². The zero-order valence-corrected chi connectivity index (χ0v) is 23.1. The highest BCUT2D eigenvalue weighted by Gasteiger charge is 2.52. The first-order chi connectivity index (χ1) is 20.4. The normalized spacial score (nSPS) is 19.5. The number of thiazole rings is 1. The van der Waals surface area contributed by atoms with E-state index in [-0.39, 0.29) is 28.4 Å². The smallest absolute Gasteiger partial charge is 0.357 e. The summed E-state index contributed by atoms with van der Waals surface area (Å²) in [7, 11) is 1.23. The van der Waals surface area contributed by atoms with Gasteiger partial charge in [0.15, 0.2) is 24.0 Å². The van der Waals surface area contributed by atoms with Gasteiger partial charge in [0, 0.05) is 5.38 Å². The molecule has 1 fully saturated rings. The van der Waals surface area contributed by atoms with E-state index < -0.39 is 48.3 Å². The van der Waals surface area contributed by atoms with Gasteiger partial charge in [-0.1, -0.05) is 54.6 Å². The van der Waals surface area contributed by atoms with Crippen molar-refractivity contribution in [3.63, 3.8) is 0 Å². The van der Waals surface area contributed by atoms with E-state index in [0.29, 0.717) is 5.56 Å². The van der Waals surface area contributed by atoms with Crippen molar-refractivity contribution in [2.75, 3.05) is 13.7 Å². The second kappa shape index (κ2) is 13.2. The number of ether oxygens (including phenoxy) is 5. The number of rotatable bonds is 9. The predicted molar refractivity (Wildman–Crippen MR) is 149 cm³/mol. The van der Waals surface area contributed by atoms with E-state index in [1.54, 1.807) is 91.0 Å².